The molecule has 21 heavy (non-hydrogen) atoms. The second-order valence-corrected chi connectivity index (χ2v) is 4.46. The minimum Gasteiger partial charge on any atom is -0.477 e. The first-order valence-corrected chi connectivity index (χ1v) is 6.38. The van der Waals surface area contributed by atoms with Gasteiger partial charge in [-0.2, -0.15) is 5.10 Å². The van der Waals surface area contributed by atoms with Gasteiger partial charge in [-0.3, -0.25) is 5.10 Å². The zero-order valence-electron chi connectivity index (χ0n) is 11.4. The summed E-state index contributed by atoms with van der Waals surface area (Å²) in [4.78, 5) is 29.3. The summed E-state index contributed by atoms with van der Waals surface area (Å²) >= 11 is 0. The number of carboxylic acid groups (broad SMARTS) is 1. The van der Waals surface area contributed by atoms with Crippen molar-refractivity contribution in [1.29, 1.82) is 0 Å². The van der Waals surface area contributed by atoms with Crippen LogP contribution < -0.4 is 10.6 Å². The largest absolute Gasteiger partial charge is 0.477 e. The number of carbonyl (C=O) groups is 2. The summed E-state index contributed by atoms with van der Waals surface area (Å²) in [5, 5.41) is 20.6. The lowest BCUT2D eigenvalue weighted by atomic mass is 10.3. The SMILES string of the molecule is Cc1cc(NC(=O)NCCCc2ncn[nH]2)c(C(=O)O)[nH]1. The number of hydrogen-bond acceptors (Lipinski definition) is 4. The number of H-pyrrole nitrogens is 2. The van der Waals surface area contributed by atoms with Crippen molar-refractivity contribution in [3.8, 4) is 0 Å². The van der Waals surface area contributed by atoms with E-state index in [1.807, 2.05) is 0 Å². The summed E-state index contributed by atoms with van der Waals surface area (Å²) in [6.45, 7) is 2.16. The Morgan fingerprint density at radius 3 is 2.90 bits per heavy atom. The predicted octanol–water partition coefficient (Wildman–Crippen LogP) is 0.894. The molecule has 9 heteroatoms. The Balaban J connectivity index is 1.78. The molecule has 2 aromatic rings. The summed E-state index contributed by atoms with van der Waals surface area (Å²) in [5.74, 6) is -0.365. The zero-order valence-corrected chi connectivity index (χ0v) is 11.4. The predicted molar refractivity (Wildman–Crippen MR) is 74.2 cm³/mol. The maximum Gasteiger partial charge on any atom is 0.354 e. The molecule has 0 radical (unpaired) electrons. The van der Waals surface area contributed by atoms with Crippen LogP contribution in [0.25, 0.3) is 0 Å². The summed E-state index contributed by atoms with van der Waals surface area (Å²) in [7, 11) is 0. The van der Waals surface area contributed by atoms with Crippen molar-refractivity contribution < 1.29 is 14.7 Å². The molecule has 0 aliphatic carbocycles. The van der Waals surface area contributed by atoms with Crippen LogP contribution in [0.4, 0.5) is 10.5 Å². The molecule has 2 aromatic heterocycles. The monoisotopic (exact) mass is 292 g/mol. The molecule has 2 rings (SSSR count). The van der Waals surface area contributed by atoms with Gasteiger partial charge in [-0.15, -0.1) is 0 Å². The Kier molecular flexibility index (Phi) is 4.54. The fourth-order valence-corrected chi connectivity index (χ4v) is 1.83. The maximum absolute atomic E-state index is 11.7. The first-order chi connectivity index (χ1) is 10.1. The summed E-state index contributed by atoms with van der Waals surface area (Å²) < 4.78 is 0. The molecule has 2 amide bonds. The van der Waals surface area contributed by atoms with E-state index in [0.717, 1.165) is 5.82 Å². The number of nitrogens with one attached hydrogen (secondary N) is 4. The second-order valence-electron chi connectivity index (χ2n) is 4.46. The van der Waals surface area contributed by atoms with Crippen LogP contribution in [-0.4, -0.2) is 43.8 Å². The van der Waals surface area contributed by atoms with Gasteiger partial charge in [0.25, 0.3) is 0 Å². The van der Waals surface area contributed by atoms with Gasteiger partial charge in [0, 0.05) is 18.7 Å². The van der Waals surface area contributed by atoms with E-state index >= 15 is 0 Å². The number of aryl methyl sites for hydroxylation is 2. The van der Waals surface area contributed by atoms with E-state index in [9.17, 15) is 9.59 Å². The summed E-state index contributed by atoms with van der Waals surface area (Å²) in [6.07, 6.45) is 2.79. The van der Waals surface area contributed by atoms with Gasteiger partial charge in [0.15, 0.2) is 0 Å². The fraction of sp³-hybridized carbons (Fsp3) is 0.333. The highest BCUT2D eigenvalue weighted by Crippen LogP contribution is 2.16. The van der Waals surface area contributed by atoms with Crippen LogP contribution >= 0.6 is 0 Å². The fourth-order valence-electron chi connectivity index (χ4n) is 1.83. The van der Waals surface area contributed by atoms with Crippen LogP contribution in [0.3, 0.4) is 0 Å². The summed E-state index contributed by atoms with van der Waals surface area (Å²) in [5.41, 5.74) is 0.866. The lowest BCUT2D eigenvalue weighted by Gasteiger charge is -2.06. The number of hydrogen-bond donors (Lipinski definition) is 5. The standard InChI is InChI=1S/C12H16N6O3/c1-7-5-8(10(16-7)11(19)20)17-12(21)13-4-2-3-9-14-6-15-18-9/h5-6,16H,2-4H2,1H3,(H,19,20)(H2,13,17,21)(H,14,15,18). The van der Waals surface area contributed by atoms with Crippen molar-refractivity contribution in [3.05, 3.63) is 29.6 Å². The van der Waals surface area contributed by atoms with Crippen LogP contribution in [0.5, 0.6) is 0 Å². The summed E-state index contributed by atoms with van der Waals surface area (Å²) in [6, 6.07) is 1.12. The van der Waals surface area contributed by atoms with Crippen molar-refractivity contribution in [3.63, 3.8) is 0 Å². The number of aromatic carboxylic acids is 1. The van der Waals surface area contributed by atoms with Crippen LogP contribution in [-0.2, 0) is 6.42 Å². The van der Waals surface area contributed by atoms with Gasteiger partial charge in [-0.25, -0.2) is 14.6 Å². The number of aromatic nitrogens is 4. The van der Waals surface area contributed by atoms with Gasteiger partial charge in [-0.05, 0) is 19.4 Å². The Bertz CT molecular complexity index is 619. The molecule has 2 heterocycles. The number of anilines is 1. The molecule has 0 spiro atoms. The van der Waals surface area contributed by atoms with E-state index in [4.69, 9.17) is 5.11 Å². The highest BCUT2D eigenvalue weighted by molar-refractivity contribution is 5.99. The first-order valence-electron chi connectivity index (χ1n) is 6.38. The number of nitrogens with zero attached hydrogens (tertiary/aromatic N) is 2. The first kappa shape index (κ1) is 14.6. The normalized spacial score (nSPS) is 10.3. The number of urea groups is 1. The van der Waals surface area contributed by atoms with E-state index < -0.39 is 12.0 Å². The Labute approximate surface area is 120 Å². The topological polar surface area (TPSA) is 136 Å². The van der Waals surface area contributed by atoms with Gasteiger partial charge >= 0.3 is 12.0 Å². The molecular formula is C12H16N6O3. The lowest BCUT2D eigenvalue weighted by molar-refractivity contribution is 0.0692. The van der Waals surface area contributed by atoms with Gasteiger partial charge in [0.1, 0.15) is 17.8 Å². The van der Waals surface area contributed by atoms with E-state index in [-0.39, 0.29) is 11.4 Å². The van der Waals surface area contributed by atoms with E-state index in [1.54, 1.807) is 13.0 Å². The van der Waals surface area contributed by atoms with Gasteiger partial charge < -0.3 is 20.7 Å². The van der Waals surface area contributed by atoms with Crippen molar-refractivity contribution in [1.82, 2.24) is 25.5 Å². The maximum atomic E-state index is 11.7. The average molecular weight is 292 g/mol. The molecule has 0 saturated carbocycles. The van der Waals surface area contributed by atoms with Crippen LogP contribution in [0, 0.1) is 6.92 Å². The molecular weight excluding hydrogens is 276 g/mol. The van der Waals surface area contributed by atoms with Crippen molar-refractivity contribution in [2.75, 3.05) is 11.9 Å². The highest BCUT2D eigenvalue weighted by atomic mass is 16.4. The van der Waals surface area contributed by atoms with Crippen LogP contribution in [0.15, 0.2) is 12.4 Å². The quantitative estimate of drug-likeness (QED) is 0.504. The Morgan fingerprint density at radius 1 is 1.43 bits per heavy atom. The zero-order chi connectivity index (χ0) is 15.2. The molecule has 112 valence electrons. The van der Waals surface area contributed by atoms with E-state index in [1.165, 1.54) is 6.33 Å². The molecule has 0 unspecified atom stereocenters. The molecule has 0 atom stereocenters. The molecule has 0 aromatic carbocycles. The van der Waals surface area contributed by atoms with Gasteiger partial charge in [0.05, 0.1) is 5.69 Å². The minimum absolute atomic E-state index is 0.0377. The molecule has 0 bridgehead atoms. The lowest BCUT2D eigenvalue weighted by Crippen LogP contribution is -2.30. The van der Waals surface area contributed by atoms with Gasteiger partial charge in [-0.1, -0.05) is 0 Å². The third kappa shape index (κ3) is 4.06. The third-order valence-corrected chi connectivity index (χ3v) is 2.76. The minimum atomic E-state index is -1.12. The van der Waals surface area contributed by atoms with Crippen molar-refractivity contribution in [2.24, 2.45) is 0 Å². The smallest absolute Gasteiger partial charge is 0.354 e. The van der Waals surface area contributed by atoms with Crippen LogP contribution in [0.2, 0.25) is 0 Å². The molecule has 0 aliphatic rings. The molecule has 0 saturated heterocycles. The van der Waals surface area contributed by atoms with E-state index in [0.29, 0.717) is 25.1 Å². The second kappa shape index (κ2) is 6.55. The Morgan fingerprint density at radius 2 is 2.24 bits per heavy atom. The van der Waals surface area contributed by atoms with Crippen molar-refractivity contribution in [2.45, 2.75) is 19.8 Å². The van der Waals surface area contributed by atoms with E-state index in [2.05, 4.69) is 30.8 Å². The molecule has 0 fully saturated rings. The molecule has 9 nitrogen and oxygen atoms in total. The average Bonchev–Trinajstić information content (AvgIpc) is 3.04. The molecule has 0 aliphatic heterocycles. The number of aromatic amines is 2. The molecule has 5 N–H and O–H groups in total. The van der Waals surface area contributed by atoms with Crippen molar-refractivity contribution >= 4 is 17.7 Å². The number of amides is 2. The van der Waals surface area contributed by atoms with Gasteiger partial charge in [0.2, 0.25) is 0 Å². The number of rotatable bonds is 6. The number of carbonyl (C=O) groups excluding carboxylic acids is 1. The van der Waals surface area contributed by atoms with Crippen LogP contribution in [0.1, 0.15) is 28.4 Å². The number of carboxylic acids is 1. The highest BCUT2D eigenvalue weighted by Gasteiger charge is 2.14. The third-order valence-electron chi connectivity index (χ3n) is 2.76. The Hall–Kier alpha value is -2.84.